The molecule has 0 unspecified atom stereocenters. The van der Waals surface area contributed by atoms with Crippen LogP contribution >= 0.6 is 0 Å². The summed E-state index contributed by atoms with van der Waals surface area (Å²) < 4.78 is 0. The highest BCUT2D eigenvalue weighted by Gasteiger charge is 2.40. The van der Waals surface area contributed by atoms with Crippen molar-refractivity contribution in [1.29, 1.82) is 0 Å². The summed E-state index contributed by atoms with van der Waals surface area (Å²) in [4.78, 5) is 27.3. The minimum atomic E-state index is -0.157. The van der Waals surface area contributed by atoms with E-state index >= 15 is 0 Å². The largest absolute Gasteiger partial charge is 0.331 e. The number of para-hydroxylation sites is 1. The highest BCUT2D eigenvalue weighted by molar-refractivity contribution is 6.15. The van der Waals surface area contributed by atoms with Crippen LogP contribution in [-0.2, 0) is 4.79 Å². The molecule has 1 aliphatic heterocycles. The molecule has 1 aliphatic carbocycles. The Balaban J connectivity index is 1.90. The van der Waals surface area contributed by atoms with E-state index in [2.05, 4.69) is 0 Å². The standard InChI is InChI=1S/C13H14N2O2/c16-12-8-9-14(10-6-7-10)13(17)15(12)11-4-2-1-3-5-11/h1-5,10H,6-9H2. The van der Waals surface area contributed by atoms with Gasteiger partial charge in [0.1, 0.15) is 0 Å². The van der Waals surface area contributed by atoms with Gasteiger partial charge in [0.05, 0.1) is 5.69 Å². The Morgan fingerprint density at radius 3 is 2.41 bits per heavy atom. The molecule has 0 aromatic heterocycles. The van der Waals surface area contributed by atoms with E-state index < -0.39 is 0 Å². The average Bonchev–Trinajstić information content (AvgIpc) is 3.15. The summed E-state index contributed by atoms with van der Waals surface area (Å²) in [5, 5.41) is 0. The summed E-state index contributed by atoms with van der Waals surface area (Å²) in [6.07, 6.45) is 2.57. The molecule has 1 saturated carbocycles. The number of hydrogen-bond donors (Lipinski definition) is 0. The van der Waals surface area contributed by atoms with E-state index in [-0.39, 0.29) is 11.9 Å². The zero-order chi connectivity index (χ0) is 11.8. The molecule has 0 spiro atoms. The second kappa shape index (κ2) is 3.87. The van der Waals surface area contributed by atoms with Crippen molar-refractivity contribution in [2.75, 3.05) is 11.4 Å². The monoisotopic (exact) mass is 230 g/mol. The van der Waals surface area contributed by atoms with Crippen molar-refractivity contribution in [2.24, 2.45) is 0 Å². The van der Waals surface area contributed by atoms with Crippen molar-refractivity contribution in [2.45, 2.75) is 25.3 Å². The van der Waals surface area contributed by atoms with Crippen molar-refractivity contribution >= 4 is 17.6 Å². The van der Waals surface area contributed by atoms with Crippen LogP contribution in [0.4, 0.5) is 10.5 Å². The third-order valence-corrected chi connectivity index (χ3v) is 3.25. The van der Waals surface area contributed by atoms with E-state index in [0.717, 1.165) is 12.8 Å². The molecule has 1 heterocycles. The minimum Gasteiger partial charge on any atom is -0.320 e. The number of amides is 3. The summed E-state index contributed by atoms with van der Waals surface area (Å²) >= 11 is 0. The van der Waals surface area contributed by atoms with Gasteiger partial charge in [-0.25, -0.2) is 9.69 Å². The van der Waals surface area contributed by atoms with Crippen molar-refractivity contribution < 1.29 is 9.59 Å². The van der Waals surface area contributed by atoms with Gasteiger partial charge in [0.2, 0.25) is 5.91 Å². The third kappa shape index (κ3) is 1.79. The van der Waals surface area contributed by atoms with Crippen LogP contribution in [0.5, 0.6) is 0 Å². The van der Waals surface area contributed by atoms with Gasteiger partial charge in [0.15, 0.2) is 0 Å². The molecular weight excluding hydrogens is 216 g/mol. The van der Waals surface area contributed by atoms with E-state index in [0.29, 0.717) is 24.7 Å². The van der Waals surface area contributed by atoms with Gasteiger partial charge < -0.3 is 4.90 Å². The summed E-state index contributed by atoms with van der Waals surface area (Å²) in [5.41, 5.74) is 0.674. The van der Waals surface area contributed by atoms with Gasteiger partial charge in [-0.15, -0.1) is 0 Å². The number of urea groups is 1. The van der Waals surface area contributed by atoms with Crippen LogP contribution in [-0.4, -0.2) is 29.4 Å². The molecule has 17 heavy (non-hydrogen) atoms. The van der Waals surface area contributed by atoms with Crippen molar-refractivity contribution in [3.8, 4) is 0 Å². The van der Waals surface area contributed by atoms with E-state index in [1.165, 1.54) is 4.90 Å². The van der Waals surface area contributed by atoms with Gasteiger partial charge in [-0.05, 0) is 25.0 Å². The lowest BCUT2D eigenvalue weighted by molar-refractivity contribution is -0.119. The summed E-state index contributed by atoms with van der Waals surface area (Å²) in [7, 11) is 0. The van der Waals surface area contributed by atoms with Crippen molar-refractivity contribution in [3.63, 3.8) is 0 Å². The summed E-state index contributed by atoms with van der Waals surface area (Å²) in [6.45, 7) is 0.575. The first kappa shape index (κ1) is 10.3. The number of anilines is 1. The molecule has 3 rings (SSSR count). The summed E-state index contributed by atoms with van der Waals surface area (Å²) in [5.74, 6) is -0.0990. The Labute approximate surface area is 99.8 Å². The van der Waals surface area contributed by atoms with Crippen LogP contribution in [0.3, 0.4) is 0 Å². The highest BCUT2D eigenvalue weighted by Crippen LogP contribution is 2.31. The van der Waals surface area contributed by atoms with Crippen LogP contribution < -0.4 is 4.90 Å². The SMILES string of the molecule is O=C1CCN(C2CC2)C(=O)N1c1ccccc1. The highest BCUT2D eigenvalue weighted by atomic mass is 16.2. The van der Waals surface area contributed by atoms with Crippen LogP contribution in [0, 0.1) is 0 Å². The fraction of sp³-hybridized carbons (Fsp3) is 0.385. The van der Waals surface area contributed by atoms with Crippen molar-refractivity contribution in [3.05, 3.63) is 30.3 Å². The molecular formula is C13H14N2O2. The van der Waals surface area contributed by atoms with Crippen molar-refractivity contribution in [1.82, 2.24) is 4.90 Å². The van der Waals surface area contributed by atoms with Gasteiger partial charge in [0, 0.05) is 19.0 Å². The Morgan fingerprint density at radius 2 is 1.76 bits per heavy atom. The van der Waals surface area contributed by atoms with E-state index in [9.17, 15) is 9.59 Å². The van der Waals surface area contributed by atoms with Gasteiger partial charge in [0.25, 0.3) is 0 Å². The lowest BCUT2D eigenvalue weighted by atomic mass is 10.2. The first-order chi connectivity index (χ1) is 8.27. The number of carbonyl (C=O) groups is 2. The van der Waals surface area contributed by atoms with Crippen LogP contribution in [0.1, 0.15) is 19.3 Å². The Kier molecular flexibility index (Phi) is 2.35. The van der Waals surface area contributed by atoms with E-state index in [1.54, 1.807) is 12.1 Å². The average molecular weight is 230 g/mol. The fourth-order valence-electron chi connectivity index (χ4n) is 2.22. The molecule has 88 valence electrons. The number of hydrogen-bond acceptors (Lipinski definition) is 2. The molecule has 0 radical (unpaired) electrons. The van der Waals surface area contributed by atoms with E-state index in [4.69, 9.17) is 0 Å². The maximum absolute atomic E-state index is 12.2. The van der Waals surface area contributed by atoms with Gasteiger partial charge >= 0.3 is 6.03 Å². The first-order valence-corrected chi connectivity index (χ1v) is 5.96. The molecule has 2 aliphatic rings. The molecule has 1 aromatic rings. The lowest BCUT2D eigenvalue weighted by Crippen LogP contribution is -2.53. The summed E-state index contributed by atoms with van der Waals surface area (Å²) in [6, 6.07) is 9.36. The van der Waals surface area contributed by atoms with Gasteiger partial charge in [-0.3, -0.25) is 4.79 Å². The predicted molar refractivity (Wildman–Crippen MR) is 63.7 cm³/mol. The van der Waals surface area contributed by atoms with Gasteiger partial charge in [-0.2, -0.15) is 0 Å². The Bertz CT molecular complexity index is 454. The lowest BCUT2D eigenvalue weighted by Gasteiger charge is -2.34. The van der Waals surface area contributed by atoms with Crippen LogP contribution in [0.15, 0.2) is 30.3 Å². The topological polar surface area (TPSA) is 40.6 Å². The predicted octanol–water partition coefficient (Wildman–Crippen LogP) is 2.01. The third-order valence-electron chi connectivity index (χ3n) is 3.25. The zero-order valence-corrected chi connectivity index (χ0v) is 9.50. The number of carbonyl (C=O) groups excluding carboxylic acids is 2. The van der Waals surface area contributed by atoms with E-state index in [1.807, 2.05) is 23.1 Å². The van der Waals surface area contributed by atoms with Crippen LogP contribution in [0.25, 0.3) is 0 Å². The zero-order valence-electron chi connectivity index (χ0n) is 9.50. The molecule has 3 amide bonds. The smallest absolute Gasteiger partial charge is 0.320 e. The number of rotatable bonds is 2. The van der Waals surface area contributed by atoms with Gasteiger partial charge in [-0.1, -0.05) is 18.2 Å². The maximum atomic E-state index is 12.2. The molecule has 0 N–H and O–H groups in total. The second-order valence-corrected chi connectivity index (χ2v) is 4.52. The maximum Gasteiger partial charge on any atom is 0.331 e. The molecule has 4 nitrogen and oxygen atoms in total. The molecule has 2 fully saturated rings. The number of benzene rings is 1. The van der Waals surface area contributed by atoms with Crippen LogP contribution in [0.2, 0.25) is 0 Å². The molecule has 1 aromatic carbocycles. The minimum absolute atomic E-state index is 0.0990. The molecule has 4 heteroatoms. The molecule has 0 bridgehead atoms. The molecule has 0 atom stereocenters. The number of nitrogens with zero attached hydrogens (tertiary/aromatic N) is 2. The Hall–Kier alpha value is -1.84. The second-order valence-electron chi connectivity index (χ2n) is 4.52. The molecule has 1 saturated heterocycles. The Morgan fingerprint density at radius 1 is 1.06 bits per heavy atom. The number of imide groups is 1. The normalized spacial score (nSPS) is 20.9. The quantitative estimate of drug-likeness (QED) is 0.779. The fourth-order valence-corrected chi connectivity index (χ4v) is 2.22. The first-order valence-electron chi connectivity index (χ1n) is 5.96.